The minimum absolute atomic E-state index is 0.0184. The average molecular weight is 306 g/mol. The monoisotopic (exact) mass is 306 g/mol. The SMILES string of the molecule is Fc1cc(F)cc(-c2cc(F)c(Cn3ccnc3)c(F)c2)c1. The maximum atomic E-state index is 14.1. The Balaban J connectivity index is 2.01. The molecule has 1 aromatic heterocycles. The maximum Gasteiger partial charge on any atom is 0.131 e. The summed E-state index contributed by atoms with van der Waals surface area (Å²) >= 11 is 0. The van der Waals surface area contributed by atoms with Gasteiger partial charge in [-0.25, -0.2) is 22.5 Å². The molecule has 0 N–H and O–H groups in total. The molecule has 1 heterocycles. The molecule has 0 aliphatic heterocycles. The lowest BCUT2D eigenvalue weighted by molar-refractivity contribution is 0.545. The van der Waals surface area contributed by atoms with E-state index >= 15 is 0 Å². The van der Waals surface area contributed by atoms with Crippen LogP contribution in [0.3, 0.4) is 0 Å². The fraction of sp³-hybridized carbons (Fsp3) is 0.0625. The summed E-state index contributed by atoms with van der Waals surface area (Å²) in [6.45, 7) is -0.0184. The molecular formula is C16H10F4N2. The summed E-state index contributed by atoms with van der Waals surface area (Å²) in [5, 5.41) is 0. The van der Waals surface area contributed by atoms with E-state index in [1.807, 2.05) is 0 Å². The molecule has 0 atom stereocenters. The molecule has 0 unspecified atom stereocenters. The second kappa shape index (κ2) is 5.63. The fourth-order valence-electron chi connectivity index (χ4n) is 2.20. The Morgan fingerprint density at radius 3 is 1.95 bits per heavy atom. The van der Waals surface area contributed by atoms with Crippen molar-refractivity contribution < 1.29 is 17.6 Å². The molecule has 0 aliphatic rings. The number of hydrogen-bond acceptors (Lipinski definition) is 1. The summed E-state index contributed by atoms with van der Waals surface area (Å²) in [6, 6.07) is 4.86. The molecule has 0 aliphatic carbocycles. The minimum atomic E-state index is -0.807. The number of benzene rings is 2. The first-order valence-electron chi connectivity index (χ1n) is 6.43. The van der Waals surface area contributed by atoms with Gasteiger partial charge in [-0.15, -0.1) is 0 Å². The van der Waals surface area contributed by atoms with Crippen molar-refractivity contribution in [1.82, 2.24) is 9.55 Å². The highest BCUT2D eigenvalue weighted by atomic mass is 19.1. The van der Waals surface area contributed by atoms with Gasteiger partial charge in [0.2, 0.25) is 0 Å². The first kappa shape index (κ1) is 14.3. The van der Waals surface area contributed by atoms with Gasteiger partial charge in [0, 0.05) is 24.0 Å². The summed E-state index contributed by atoms with van der Waals surface area (Å²) < 4.78 is 56.2. The molecule has 3 rings (SSSR count). The van der Waals surface area contributed by atoms with Crippen molar-refractivity contribution in [3.8, 4) is 11.1 Å². The summed E-state index contributed by atoms with van der Waals surface area (Å²) in [5.74, 6) is -3.18. The first-order valence-corrected chi connectivity index (χ1v) is 6.43. The lowest BCUT2D eigenvalue weighted by Gasteiger charge is -2.09. The van der Waals surface area contributed by atoms with Gasteiger partial charge in [0.05, 0.1) is 12.9 Å². The van der Waals surface area contributed by atoms with E-state index in [-0.39, 0.29) is 23.2 Å². The van der Waals surface area contributed by atoms with Gasteiger partial charge in [-0.3, -0.25) is 0 Å². The van der Waals surface area contributed by atoms with Gasteiger partial charge in [0.1, 0.15) is 23.3 Å². The maximum absolute atomic E-state index is 14.1. The topological polar surface area (TPSA) is 17.8 Å². The number of nitrogens with zero attached hydrogens (tertiary/aromatic N) is 2. The quantitative estimate of drug-likeness (QED) is 0.665. The van der Waals surface area contributed by atoms with Crippen LogP contribution in [0.1, 0.15) is 5.56 Å². The number of halogens is 4. The molecule has 0 radical (unpaired) electrons. The van der Waals surface area contributed by atoms with Crippen LogP contribution in [0, 0.1) is 23.3 Å². The predicted molar refractivity (Wildman–Crippen MR) is 73.0 cm³/mol. The van der Waals surface area contributed by atoms with Crippen LogP contribution >= 0.6 is 0 Å². The zero-order chi connectivity index (χ0) is 15.7. The third-order valence-electron chi connectivity index (χ3n) is 3.24. The highest BCUT2D eigenvalue weighted by molar-refractivity contribution is 5.64. The Hall–Kier alpha value is -2.63. The van der Waals surface area contributed by atoms with Crippen molar-refractivity contribution in [2.45, 2.75) is 6.54 Å². The van der Waals surface area contributed by atoms with E-state index in [9.17, 15) is 17.6 Å². The molecule has 112 valence electrons. The number of imidazole rings is 1. The predicted octanol–water partition coefficient (Wildman–Crippen LogP) is 4.15. The Morgan fingerprint density at radius 2 is 1.41 bits per heavy atom. The van der Waals surface area contributed by atoms with Crippen LogP contribution < -0.4 is 0 Å². The number of aromatic nitrogens is 2. The van der Waals surface area contributed by atoms with Crippen molar-refractivity contribution in [2.24, 2.45) is 0 Å². The van der Waals surface area contributed by atoms with Gasteiger partial charge in [-0.05, 0) is 35.4 Å². The molecule has 22 heavy (non-hydrogen) atoms. The summed E-state index contributed by atoms with van der Waals surface area (Å²) in [7, 11) is 0. The summed E-state index contributed by atoms with van der Waals surface area (Å²) in [5.41, 5.74) is 0.00545. The third kappa shape index (κ3) is 2.86. The second-order valence-corrected chi connectivity index (χ2v) is 4.81. The highest BCUT2D eigenvalue weighted by Gasteiger charge is 2.13. The molecule has 0 amide bonds. The molecular weight excluding hydrogens is 296 g/mol. The van der Waals surface area contributed by atoms with Crippen LogP contribution in [0.15, 0.2) is 49.1 Å². The van der Waals surface area contributed by atoms with E-state index in [4.69, 9.17) is 0 Å². The van der Waals surface area contributed by atoms with Crippen LogP contribution in [0.25, 0.3) is 11.1 Å². The normalized spacial score (nSPS) is 10.9. The van der Waals surface area contributed by atoms with E-state index < -0.39 is 23.3 Å². The molecule has 0 saturated heterocycles. The standard InChI is InChI=1S/C16H10F4N2/c17-12-3-10(4-13(18)7-12)11-5-15(19)14(16(20)6-11)8-22-2-1-21-9-22/h1-7,9H,8H2. The van der Waals surface area contributed by atoms with Crippen LogP contribution in [0.5, 0.6) is 0 Å². The second-order valence-electron chi connectivity index (χ2n) is 4.81. The van der Waals surface area contributed by atoms with Gasteiger partial charge >= 0.3 is 0 Å². The van der Waals surface area contributed by atoms with Crippen molar-refractivity contribution in [1.29, 1.82) is 0 Å². The van der Waals surface area contributed by atoms with Crippen LogP contribution in [0.4, 0.5) is 17.6 Å². The van der Waals surface area contributed by atoms with Crippen molar-refractivity contribution >= 4 is 0 Å². The molecule has 2 nitrogen and oxygen atoms in total. The fourth-order valence-corrected chi connectivity index (χ4v) is 2.20. The van der Waals surface area contributed by atoms with Gasteiger partial charge in [-0.2, -0.15) is 0 Å². The number of rotatable bonds is 3. The lowest BCUT2D eigenvalue weighted by Crippen LogP contribution is -2.03. The lowest BCUT2D eigenvalue weighted by atomic mass is 10.0. The minimum Gasteiger partial charge on any atom is -0.333 e. The van der Waals surface area contributed by atoms with E-state index in [2.05, 4.69) is 4.98 Å². The van der Waals surface area contributed by atoms with Crippen molar-refractivity contribution in [2.75, 3.05) is 0 Å². The van der Waals surface area contributed by atoms with E-state index in [0.717, 1.165) is 24.3 Å². The van der Waals surface area contributed by atoms with Gasteiger partial charge in [-0.1, -0.05) is 0 Å². The van der Waals surface area contributed by atoms with Gasteiger partial charge in [0.15, 0.2) is 0 Å². The summed E-state index contributed by atoms with van der Waals surface area (Å²) in [4.78, 5) is 3.80. The molecule has 2 aromatic carbocycles. The zero-order valence-electron chi connectivity index (χ0n) is 11.2. The summed E-state index contributed by atoms with van der Waals surface area (Å²) in [6.07, 6.45) is 4.52. The third-order valence-corrected chi connectivity index (χ3v) is 3.24. The van der Waals surface area contributed by atoms with Crippen molar-refractivity contribution in [3.63, 3.8) is 0 Å². The smallest absolute Gasteiger partial charge is 0.131 e. The van der Waals surface area contributed by atoms with Crippen LogP contribution in [-0.2, 0) is 6.54 Å². The van der Waals surface area contributed by atoms with Gasteiger partial charge < -0.3 is 4.57 Å². The Morgan fingerprint density at radius 1 is 0.818 bits per heavy atom. The van der Waals surface area contributed by atoms with E-state index in [1.54, 1.807) is 6.20 Å². The highest BCUT2D eigenvalue weighted by Crippen LogP contribution is 2.26. The number of hydrogen-bond donors (Lipinski definition) is 0. The largest absolute Gasteiger partial charge is 0.333 e. The molecule has 0 saturated carbocycles. The van der Waals surface area contributed by atoms with Gasteiger partial charge in [0.25, 0.3) is 0 Å². The Labute approximate surface area is 123 Å². The van der Waals surface area contributed by atoms with E-state index in [0.29, 0.717) is 6.07 Å². The molecule has 3 aromatic rings. The Bertz CT molecular complexity index is 770. The average Bonchev–Trinajstić information content (AvgIpc) is 2.94. The van der Waals surface area contributed by atoms with E-state index in [1.165, 1.54) is 17.1 Å². The molecule has 0 fully saturated rings. The zero-order valence-corrected chi connectivity index (χ0v) is 11.2. The van der Waals surface area contributed by atoms with Crippen LogP contribution in [-0.4, -0.2) is 9.55 Å². The van der Waals surface area contributed by atoms with Crippen LogP contribution in [0.2, 0.25) is 0 Å². The Kier molecular flexibility index (Phi) is 3.66. The van der Waals surface area contributed by atoms with Crippen molar-refractivity contribution in [3.05, 3.63) is 77.9 Å². The molecule has 0 bridgehead atoms. The first-order chi connectivity index (χ1) is 10.5. The molecule has 6 heteroatoms. The molecule has 0 spiro atoms.